The van der Waals surface area contributed by atoms with Gasteiger partial charge >= 0.3 is 6.18 Å². The second-order valence-corrected chi connectivity index (χ2v) is 6.64. The van der Waals surface area contributed by atoms with Gasteiger partial charge in [-0.1, -0.05) is 48.5 Å². The predicted octanol–water partition coefficient (Wildman–Crippen LogP) is 5.78. The number of aryl methyl sites for hydroxylation is 1. The molecule has 3 aromatic carbocycles. The van der Waals surface area contributed by atoms with Gasteiger partial charge in [-0.25, -0.2) is 0 Å². The van der Waals surface area contributed by atoms with Crippen molar-refractivity contribution in [3.63, 3.8) is 0 Å². The zero-order valence-electron chi connectivity index (χ0n) is 15.0. The molecule has 0 bridgehead atoms. The van der Waals surface area contributed by atoms with E-state index in [-0.39, 0.29) is 11.6 Å². The molecule has 3 aromatic rings. The van der Waals surface area contributed by atoms with Crippen LogP contribution in [0.1, 0.15) is 33.2 Å². The summed E-state index contributed by atoms with van der Waals surface area (Å²) in [6.07, 6.45) is -5.24. The Balaban J connectivity index is 1.84. The largest absolute Gasteiger partial charge is 0.418 e. The number of para-hydroxylation sites is 2. The van der Waals surface area contributed by atoms with Crippen LogP contribution in [0.15, 0.2) is 72.8 Å². The topological polar surface area (TPSA) is 32.3 Å². The molecule has 142 valence electrons. The molecule has 1 aliphatic heterocycles. The van der Waals surface area contributed by atoms with Crippen molar-refractivity contribution in [1.29, 1.82) is 0 Å². The summed E-state index contributed by atoms with van der Waals surface area (Å²) in [5, 5.41) is 2.96. The maximum Gasteiger partial charge on any atom is 0.418 e. The highest BCUT2D eigenvalue weighted by Crippen LogP contribution is 2.41. The first-order chi connectivity index (χ1) is 13.4. The third kappa shape index (κ3) is 3.01. The van der Waals surface area contributed by atoms with E-state index in [4.69, 9.17) is 0 Å². The Morgan fingerprint density at radius 3 is 2.29 bits per heavy atom. The van der Waals surface area contributed by atoms with Crippen molar-refractivity contribution < 1.29 is 18.0 Å². The van der Waals surface area contributed by atoms with Gasteiger partial charge in [-0.2, -0.15) is 13.2 Å². The molecule has 0 spiro atoms. The van der Waals surface area contributed by atoms with E-state index in [9.17, 15) is 18.0 Å². The summed E-state index contributed by atoms with van der Waals surface area (Å²) in [7, 11) is 0. The number of benzene rings is 3. The summed E-state index contributed by atoms with van der Waals surface area (Å²) in [5.74, 6) is -0.244. The molecule has 1 aliphatic rings. The highest BCUT2D eigenvalue weighted by atomic mass is 19.4. The van der Waals surface area contributed by atoms with Crippen LogP contribution in [0.5, 0.6) is 0 Å². The van der Waals surface area contributed by atoms with Gasteiger partial charge in [0, 0.05) is 22.5 Å². The van der Waals surface area contributed by atoms with Crippen LogP contribution in [0.3, 0.4) is 0 Å². The van der Waals surface area contributed by atoms with E-state index in [2.05, 4.69) is 5.32 Å². The molecule has 0 unspecified atom stereocenters. The number of hydrogen-bond acceptors (Lipinski definition) is 2. The number of alkyl halides is 3. The van der Waals surface area contributed by atoms with Crippen LogP contribution in [0, 0.1) is 6.92 Å². The Labute approximate surface area is 160 Å². The third-order valence-corrected chi connectivity index (χ3v) is 4.86. The van der Waals surface area contributed by atoms with Gasteiger partial charge in [-0.15, -0.1) is 0 Å². The third-order valence-electron chi connectivity index (χ3n) is 4.86. The number of amides is 1. The molecule has 1 N–H and O–H groups in total. The van der Waals surface area contributed by atoms with E-state index in [1.54, 1.807) is 42.5 Å². The van der Waals surface area contributed by atoms with Crippen LogP contribution in [-0.2, 0) is 6.18 Å². The van der Waals surface area contributed by atoms with Crippen molar-refractivity contribution in [3.8, 4) is 0 Å². The van der Waals surface area contributed by atoms with Gasteiger partial charge in [0.2, 0.25) is 0 Å². The van der Waals surface area contributed by atoms with Crippen molar-refractivity contribution in [2.75, 3.05) is 10.2 Å². The first kappa shape index (κ1) is 18.1. The molecule has 6 heteroatoms. The maximum atomic E-state index is 13.5. The van der Waals surface area contributed by atoms with Crippen LogP contribution in [0.2, 0.25) is 0 Å². The minimum Gasteiger partial charge on any atom is -0.361 e. The lowest BCUT2D eigenvalue weighted by Gasteiger charge is -2.29. The average Bonchev–Trinajstić information content (AvgIpc) is 2.94. The number of rotatable bonds is 3. The smallest absolute Gasteiger partial charge is 0.361 e. The van der Waals surface area contributed by atoms with Crippen molar-refractivity contribution in [2.24, 2.45) is 0 Å². The van der Waals surface area contributed by atoms with Gasteiger partial charge in [-0.05, 0) is 36.8 Å². The second kappa shape index (κ2) is 6.71. The van der Waals surface area contributed by atoms with Gasteiger partial charge < -0.3 is 5.32 Å². The first-order valence-corrected chi connectivity index (χ1v) is 8.79. The summed E-state index contributed by atoms with van der Waals surface area (Å²) in [4.78, 5) is 14.6. The van der Waals surface area contributed by atoms with Crippen molar-refractivity contribution in [3.05, 3.63) is 95.1 Å². The standard InChI is InChI=1S/C22H17F3N2O/c1-14-8-2-7-13-19(14)27-20(15-9-3-4-10-16(15)21(27)28)26-18-12-6-5-11-17(18)22(23,24)25/h2-13,20,26H,1H3/t20-/m0/s1. The molecule has 4 rings (SSSR count). The van der Waals surface area contributed by atoms with E-state index in [0.29, 0.717) is 16.8 Å². The molecule has 1 atom stereocenters. The fourth-order valence-electron chi connectivity index (χ4n) is 3.54. The SMILES string of the molecule is Cc1ccccc1N1C(=O)c2ccccc2[C@H]1Nc1ccccc1C(F)(F)F. The number of nitrogens with one attached hydrogen (secondary N) is 1. The summed E-state index contributed by atoms with van der Waals surface area (Å²) < 4.78 is 40.4. The molecule has 0 saturated heterocycles. The molecular weight excluding hydrogens is 365 g/mol. The van der Waals surface area contributed by atoms with E-state index in [0.717, 1.165) is 11.6 Å². The lowest BCUT2D eigenvalue weighted by molar-refractivity contribution is -0.137. The van der Waals surface area contributed by atoms with E-state index < -0.39 is 17.9 Å². The number of nitrogens with zero attached hydrogens (tertiary/aromatic N) is 1. The number of anilines is 2. The minimum absolute atomic E-state index is 0.0666. The van der Waals surface area contributed by atoms with Crippen molar-refractivity contribution in [2.45, 2.75) is 19.3 Å². The fourth-order valence-corrected chi connectivity index (χ4v) is 3.54. The van der Waals surface area contributed by atoms with E-state index >= 15 is 0 Å². The number of fused-ring (bicyclic) bond motifs is 1. The lowest BCUT2D eigenvalue weighted by Crippen LogP contribution is -2.33. The minimum atomic E-state index is -4.50. The zero-order chi connectivity index (χ0) is 19.9. The fraction of sp³-hybridized carbons (Fsp3) is 0.136. The summed E-state index contributed by atoms with van der Waals surface area (Å²) in [6.45, 7) is 1.87. The molecule has 0 radical (unpaired) electrons. The Morgan fingerprint density at radius 2 is 1.54 bits per heavy atom. The number of carbonyl (C=O) groups excluding carboxylic acids is 1. The van der Waals surface area contributed by atoms with Crippen LogP contribution in [0.4, 0.5) is 24.5 Å². The maximum absolute atomic E-state index is 13.5. The number of hydrogen-bond donors (Lipinski definition) is 1. The highest BCUT2D eigenvalue weighted by Gasteiger charge is 2.40. The van der Waals surface area contributed by atoms with Gasteiger partial charge in [0.25, 0.3) is 5.91 Å². The molecule has 1 amide bonds. The first-order valence-electron chi connectivity index (χ1n) is 8.79. The highest BCUT2D eigenvalue weighted by molar-refractivity contribution is 6.11. The van der Waals surface area contributed by atoms with Gasteiger partial charge in [-0.3, -0.25) is 9.69 Å². The Bertz CT molecular complexity index is 1050. The molecule has 3 nitrogen and oxygen atoms in total. The molecule has 28 heavy (non-hydrogen) atoms. The molecule has 0 aromatic heterocycles. The Kier molecular flexibility index (Phi) is 4.34. The number of halogens is 3. The van der Waals surface area contributed by atoms with Crippen LogP contribution >= 0.6 is 0 Å². The Morgan fingerprint density at radius 1 is 0.893 bits per heavy atom. The van der Waals surface area contributed by atoms with Gasteiger partial charge in [0.15, 0.2) is 0 Å². The van der Waals surface area contributed by atoms with Crippen molar-refractivity contribution >= 4 is 17.3 Å². The zero-order valence-corrected chi connectivity index (χ0v) is 15.0. The summed E-state index contributed by atoms with van der Waals surface area (Å²) in [5.41, 5.74) is 1.81. The van der Waals surface area contributed by atoms with E-state index in [1.165, 1.54) is 17.0 Å². The Hall–Kier alpha value is -3.28. The normalized spacial score (nSPS) is 16.2. The van der Waals surface area contributed by atoms with E-state index in [1.807, 2.05) is 19.1 Å². The number of carbonyl (C=O) groups is 1. The van der Waals surface area contributed by atoms with Crippen molar-refractivity contribution in [1.82, 2.24) is 0 Å². The molecular formula is C22H17F3N2O. The monoisotopic (exact) mass is 382 g/mol. The second-order valence-electron chi connectivity index (χ2n) is 6.64. The molecule has 1 heterocycles. The molecule has 0 fully saturated rings. The molecule has 0 saturated carbocycles. The van der Waals surface area contributed by atoms with Gasteiger partial charge in [0.1, 0.15) is 6.17 Å². The quantitative estimate of drug-likeness (QED) is 0.622. The summed E-state index contributed by atoms with van der Waals surface area (Å²) >= 11 is 0. The average molecular weight is 382 g/mol. The van der Waals surface area contributed by atoms with Gasteiger partial charge in [0.05, 0.1) is 5.56 Å². The molecule has 0 aliphatic carbocycles. The van der Waals surface area contributed by atoms with Crippen LogP contribution in [0.25, 0.3) is 0 Å². The van der Waals surface area contributed by atoms with Crippen LogP contribution in [-0.4, -0.2) is 5.91 Å². The van der Waals surface area contributed by atoms with Crippen LogP contribution < -0.4 is 10.2 Å². The summed E-state index contributed by atoms with van der Waals surface area (Å²) in [6, 6.07) is 19.6. The predicted molar refractivity (Wildman–Crippen MR) is 102 cm³/mol. The lowest BCUT2D eigenvalue weighted by atomic mass is 10.1.